The molecule has 1 aliphatic heterocycles. The zero-order chi connectivity index (χ0) is 39.4. The Balaban J connectivity index is 1.24. The maximum Gasteiger partial charge on any atom is 0.172 e. The van der Waals surface area contributed by atoms with Crippen LogP contribution >= 0.6 is 22.6 Å². The first-order valence-electron chi connectivity index (χ1n) is 18.6. The molecule has 0 saturated heterocycles. The number of aliphatic imine (C=N–C) groups is 1. The Labute approximate surface area is 344 Å². The molecule has 0 spiro atoms. The summed E-state index contributed by atoms with van der Waals surface area (Å²) in [6.45, 7) is 15.9. The molecule has 0 aromatic heterocycles. The smallest absolute Gasteiger partial charge is 0.172 e. The van der Waals surface area contributed by atoms with Crippen molar-refractivity contribution < 1.29 is 9.47 Å². The SMILES string of the molecule is C=C/C=C(\C=C)c1ccccc1C(=N)N=C(I)/C(C)=C/C=C(C)/C(C)=C1\Oc2cc3c(cc2O\C1=C\C)C(c1ccccc1)(c1ccccc1)c1ccccc1-3. The van der Waals surface area contributed by atoms with E-state index >= 15 is 0 Å². The molecule has 56 heavy (non-hydrogen) atoms. The first kappa shape index (κ1) is 38.2. The number of amidine groups is 1. The van der Waals surface area contributed by atoms with Gasteiger partial charge < -0.3 is 9.47 Å². The second kappa shape index (κ2) is 16.4. The summed E-state index contributed by atoms with van der Waals surface area (Å²) in [5.41, 5.74) is 12.0. The molecule has 1 aliphatic carbocycles. The Bertz CT molecular complexity index is 2530. The van der Waals surface area contributed by atoms with E-state index < -0.39 is 5.41 Å². The first-order chi connectivity index (χ1) is 27.2. The molecular formula is C51H43IN2O2. The predicted octanol–water partition coefficient (Wildman–Crippen LogP) is 13.5. The third-order valence-corrected chi connectivity index (χ3v) is 11.6. The van der Waals surface area contributed by atoms with Crippen LogP contribution in [0, 0.1) is 5.41 Å². The topological polar surface area (TPSA) is 54.7 Å². The lowest BCUT2D eigenvalue weighted by molar-refractivity contribution is 0.290. The van der Waals surface area contributed by atoms with Crippen molar-refractivity contribution >= 4 is 37.7 Å². The van der Waals surface area contributed by atoms with Crippen molar-refractivity contribution in [2.24, 2.45) is 4.99 Å². The number of ether oxygens (including phenoxy) is 2. The average molecular weight is 843 g/mol. The molecule has 0 radical (unpaired) electrons. The van der Waals surface area contributed by atoms with Crippen molar-refractivity contribution in [3.63, 3.8) is 0 Å². The molecule has 0 saturated carbocycles. The minimum atomic E-state index is -0.530. The molecule has 1 N–H and O–H groups in total. The number of rotatable bonds is 9. The third-order valence-electron chi connectivity index (χ3n) is 10.5. The van der Waals surface area contributed by atoms with Gasteiger partial charge >= 0.3 is 0 Å². The highest BCUT2D eigenvalue weighted by molar-refractivity contribution is 14.1. The Morgan fingerprint density at radius 2 is 1.27 bits per heavy atom. The van der Waals surface area contributed by atoms with Gasteiger partial charge in [0.15, 0.2) is 28.9 Å². The van der Waals surface area contributed by atoms with E-state index in [4.69, 9.17) is 14.9 Å². The second-order valence-electron chi connectivity index (χ2n) is 13.7. The van der Waals surface area contributed by atoms with E-state index in [9.17, 15) is 0 Å². The van der Waals surface area contributed by atoms with Crippen LogP contribution in [0.15, 0.2) is 204 Å². The summed E-state index contributed by atoms with van der Waals surface area (Å²) in [5.74, 6) is 2.88. The molecule has 0 bridgehead atoms. The molecule has 7 rings (SSSR count). The fraction of sp³-hybridized carbons (Fsp3) is 0.0980. The van der Waals surface area contributed by atoms with Crippen molar-refractivity contribution in [3.8, 4) is 22.6 Å². The number of allylic oxidation sites excluding steroid dienone is 10. The highest BCUT2D eigenvalue weighted by atomic mass is 127. The van der Waals surface area contributed by atoms with E-state index in [2.05, 4.69) is 158 Å². The van der Waals surface area contributed by atoms with Crippen LogP contribution in [0.4, 0.5) is 0 Å². The van der Waals surface area contributed by atoms with Crippen molar-refractivity contribution in [3.05, 3.63) is 233 Å². The number of hydrogen-bond donors (Lipinski definition) is 1. The number of halogens is 1. The monoisotopic (exact) mass is 842 g/mol. The summed E-state index contributed by atoms with van der Waals surface area (Å²) in [4.78, 5) is 4.68. The van der Waals surface area contributed by atoms with Crippen LogP contribution in [-0.4, -0.2) is 9.55 Å². The van der Waals surface area contributed by atoms with Crippen molar-refractivity contribution in [2.45, 2.75) is 33.1 Å². The van der Waals surface area contributed by atoms with Crippen molar-refractivity contribution in [2.75, 3.05) is 0 Å². The zero-order valence-corrected chi connectivity index (χ0v) is 34.2. The number of fused-ring (bicyclic) bond motifs is 4. The molecule has 5 aromatic carbocycles. The van der Waals surface area contributed by atoms with Gasteiger partial charge in [-0.25, -0.2) is 4.99 Å². The summed E-state index contributed by atoms with van der Waals surface area (Å²) in [7, 11) is 0. The Morgan fingerprint density at radius 3 is 1.91 bits per heavy atom. The maximum absolute atomic E-state index is 8.85. The van der Waals surface area contributed by atoms with Gasteiger partial charge in [-0.15, -0.1) is 0 Å². The van der Waals surface area contributed by atoms with Gasteiger partial charge in [-0.05, 0) is 130 Å². The van der Waals surface area contributed by atoms with E-state index in [1.807, 2.05) is 56.3 Å². The Morgan fingerprint density at radius 1 is 0.679 bits per heavy atom. The quantitative estimate of drug-likeness (QED) is 0.0682. The van der Waals surface area contributed by atoms with Crippen LogP contribution in [0.25, 0.3) is 16.7 Å². The largest absolute Gasteiger partial charge is 0.450 e. The molecule has 0 amide bonds. The molecule has 0 atom stereocenters. The van der Waals surface area contributed by atoms with Gasteiger partial charge in [-0.3, -0.25) is 5.41 Å². The minimum absolute atomic E-state index is 0.177. The summed E-state index contributed by atoms with van der Waals surface area (Å²) >= 11 is 2.20. The molecule has 4 nitrogen and oxygen atoms in total. The molecule has 2 aliphatic rings. The summed E-state index contributed by atoms with van der Waals surface area (Å²) in [6, 6.07) is 42.3. The van der Waals surface area contributed by atoms with Crippen LogP contribution in [0.2, 0.25) is 0 Å². The molecule has 5 heteroatoms. The summed E-state index contributed by atoms with van der Waals surface area (Å²) in [5, 5.41) is 8.85. The van der Waals surface area contributed by atoms with E-state index in [1.165, 1.54) is 22.3 Å². The lowest BCUT2D eigenvalue weighted by Crippen LogP contribution is -2.28. The molecular weight excluding hydrogens is 799 g/mol. The third kappa shape index (κ3) is 6.88. The van der Waals surface area contributed by atoms with Crippen LogP contribution in [0.1, 0.15) is 61.1 Å². The van der Waals surface area contributed by atoms with Gasteiger partial charge in [0.05, 0.1) is 5.41 Å². The minimum Gasteiger partial charge on any atom is -0.450 e. The number of nitrogens with zero attached hydrogens (tertiary/aromatic N) is 1. The van der Waals surface area contributed by atoms with Gasteiger partial charge in [-0.2, -0.15) is 0 Å². The average Bonchev–Trinajstić information content (AvgIpc) is 3.53. The van der Waals surface area contributed by atoms with E-state index in [0.717, 1.165) is 48.3 Å². The summed E-state index contributed by atoms with van der Waals surface area (Å²) < 4.78 is 14.3. The molecule has 0 unspecified atom stereocenters. The van der Waals surface area contributed by atoms with Gasteiger partial charge in [0.25, 0.3) is 0 Å². The predicted molar refractivity (Wildman–Crippen MR) is 242 cm³/mol. The lowest BCUT2D eigenvalue weighted by Gasteiger charge is -2.34. The second-order valence-corrected chi connectivity index (χ2v) is 14.8. The molecule has 5 aromatic rings. The molecule has 1 heterocycles. The number of nitrogens with one attached hydrogen (secondary N) is 1. The molecule has 276 valence electrons. The fourth-order valence-electron chi connectivity index (χ4n) is 7.59. The highest BCUT2D eigenvalue weighted by Gasteiger charge is 2.47. The van der Waals surface area contributed by atoms with E-state index in [-0.39, 0.29) is 5.84 Å². The van der Waals surface area contributed by atoms with Crippen molar-refractivity contribution in [1.29, 1.82) is 5.41 Å². The van der Waals surface area contributed by atoms with Gasteiger partial charge in [-0.1, -0.05) is 153 Å². The van der Waals surface area contributed by atoms with E-state index in [1.54, 1.807) is 12.2 Å². The first-order valence-corrected chi connectivity index (χ1v) is 19.7. The lowest BCUT2D eigenvalue weighted by atomic mass is 9.67. The zero-order valence-electron chi connectivity index (χ0n) is 32.1. The van der Waals surface area contributed by atoms with Crippen LogP contribution in [0.5, 0.6) is 11.5 Å². The summed E-state index contributed by atoms with van der Waals surface area (Å²) in [6.07, 6.45) is 11.4. The van der Waals surface area contributed by atoms with Crippen LogP contribution in [0.3, 0.4) is 0 Å². The van der Waals surface area contributed by atoms with Crippen LogP contribution in [-0.2, 0) is 5.41 Å². The Kier molecular flexibility index (Phi) is 11.2. The van der Waals surface area contributed by atoms with Gasteiger partial charge in [0, 0.05) is 5.56 Å². The van der Waals surface area contributed by atoms with Gasteiger partial charge in [0.2, 0.25) is 0 Å². The van der Waals surface area contributed by atoms with E-state index in [0.29, 0.717) is 23.0 Å². The molecule has 0 fully saturated rings. The highest BCUT2D eigenvalue weighted by Crippen LogP contribution is 2.58. The maximum atomic E-state index is 8.85. The van der Waals surface area contributed by atoms with Crippen LogP contribution < -0.4 is 9.47 Å². The van der Waals surface area contributed by atoms with Crippen molar-refractivity contribution in [1.82, 2.24) is 0 Å². The standard InChI is InChI=1S/C51H43IN2O2/c1-7-20-36(8-2)39-25-16-17-27-41(39)50(53)54-49(52)34(5)30-29-33(4)35(6)48-45(9-3)55-47-32-44-42(31-46(47)56-48)40-26-18-19-28-43(40)51(44,37-21-12-10-13-22-37)38-23-14-11-15-24-38/h7-32,53H,1-2H2,3-6H3/b33-29+,34-30+,36-20+,45-9+,48-35-,53-50?,54-49?. The fourth-order valence-corrected chi connectivity index (χ4v) is 8.01. The van der Waals surface area contributed by atoms with Gasteiger partial charge in [0.1, 0.15) is 3.72 Å². The number of hydrogen-bond acceptors (Lipinski definition) is 3. The Hall–Kier alpha value is -6.05. The number of benzene rings is 5. The normalized spacial score (nSPS) is 16.6.